The van der Waals surface area contributed by atoms with Crippen LogP contribution in [0.1, 0.15) is 24.0 Å². The highest BCUT2D eigenvalue weighted by molar-refractivity contribution is 7.98. The average molecular weight is 277 g/mol. The van der Waals surface area contributed by atoms with Crippen molar-refractivity contribution >= 4 is 11.8 Å². The number of ether oxygens (including phenoxy) is 1. The second kappa shape index (κ2) is 6.29. The van der Waals surface area contributed by atoms with E-state index in [1.807, 2.05) is 11.8 Å². The average Bonchev–Trinajstić information content (AvgIpc) is 2.48. The lowest BCUT2D eigenvalue weighted by atomic mass is 9.97. The molecule has 1 aromatic carbocycles. The van der Waals surface area contributed by atoms with Crippen molar-refractivity contribution in [3.63, 3.8) is 0 Å². The Hall–Kier alpha value is -0.510. The van der Waals surface area contributed by atoms with Crippen molar-refractivity contribution in [3.05, 3.63) is 29.3 Å². The number of hydrogen-bond donors (Lipinski definition) is 0. The van der Waals surface area contributed by atoms with Crippen LogP contribution in [0.25, 0.3) is 0 Å². The summed E-state index contributed by atoms with van der Waals surface area (Å²) in [6, 6.07) is 6.96. The van der Waals surface area contributed by atoms with Crippen molar-refractivity contribution in [1.82, 2.24) is 4.90 Å². The lowest BCUT2D eigenvalue weighted by Crippen LogP contribution is -2.37. The molecule has 2 aliphatic heterocycles. The molecule has 1 aromatic rings. The van der Waals surface area contributed by atoms with E-state index in [1.165, 1.54) is 42.8 Å². The number of nitrogens with zero attached hydrogens (tertiary/aromatic N) is 1. The Morgan fingerprint density at radius 1 is 1.37 bits per heavy atom. The van der Waals surface area contributed by atoms with E-state index in [2.05, 4.69) is 29.4 Å². The Balaban J connectivity index is 1.61. The molecule has 0 aliphatic carbocycles. The molecule has 0 bridgehead atoms. The van der Waals surface area contributed by atoms with E-state index in [1.54, 1.807) is 5.56 Å². The predicted octanol–water partition coefficient (Wildman–Crippen LogP) is 3.19. The van der Waals surface area contributed by atoms with Crippen molar-refractivity contribution in [1.29, 1.82) is 0 Å². The maximum Gasteiger partial charge on any atom is 0.0506 e. The zero-order valence-corrected chi connectivity index (χ0v) is 12.5. The fourth-order valence-corrected chi connectivity index (χ4v) is 3.65. The second-order valence-corrected chi connectivity index (χ2v) is 6.58. The topological polar surface area (TPSA) is 12.5 Å². The van der Waals surface area contributed by atoms with Crippen molar-refractivity contribution in [2.75, 3.05) is 32.6 Å². The molecule has 1 fully saturated rings. The number of benzene rings is 1. The predicted molar refractivity (Wildman–Crippen MR) is 80.7 cm³/mol. The molecule has 2 aliphatic rings. The van der Waals surface area contributed by atoms with Crippen LogP contribution in [0.15, 0.2) is 23.1 Å². The third-order valence-electron chi connectivity index (χ3n) is 4.28. The minimum Gasteiger partial charge on any atom is -0.381 e. The summed E-state index contributed by atoms with van der Waals surface area (Å²) in [7, 11) is 0. The molecule has 3 rings (SSSR count). The molecule has 0 amide bonds. The Bertz CT molecular complexity index is 429. The fraction of sp³-hybridized carbons (Fsp3) is 0.625. The summed E-state index contributed by atoms with van der Waals surface area (Å²) in [5.41, 5.74) is 3.09. The van der Waals surface area contributed by atoms with Crippen LogP contribution in [0.2, 0.25) is 0 Å². The van der Waals surface area contributed by atoms with Crippen LogP contribution in [-0.4, -0.2) is 37.5 Å². The van der Waals surface area contributed by atoms with Crippen molar-refractivity contribution < 1.29 is 4.74 Å². The summed E-state index contributed by atoms with van der Waals surface area (Å²) in [6.07, 6.45) is 5.94. The van der Waals surface area contributed by atoms with E-state index in [9.17, 15) is 0 Å². The molecule has 0 N–H and O–H groups in total. The summed E-state index contributed by atoms with van der Waals surface area (Å²) < 4.78 is 5.59. The quantitative estimate of drug-likeness (QED) is 0.787. The number of rotatable bonds is 3. The summed E-state index contributed by atoms with van der Waals surface area (Å²) in [5.74, 6) is 0.751. The van der Waals surface area contributed by atoms with Crippen LogP contribution in [0.4, 0.5) is 0 Å². The van der Waals surface area contributed by atoms with E-state index in [0.717, 1.165) is 25.7 Å². The lowest BCUT2D eigenvalue weighted by Gasteiger charge is -2.33. The molecule has 0 spiro atoms. The molecule has 1 atom stereocenters. The van der Waals surface area contributed by atoms with Gasteiger partial charge < -0.3 is 4.74 Å². The lowest BCUT2D eigenvalue weighted by molar-refractivity contribution is 0.0364. The van der Waals surface area contributed by atoms with E-state index >= 15 is 0 Å². The highest BCUT2D eigenvalue weighted by Gasteiger charge is 2.21. The Morgan fingerprint density at radius 3 is 3.11 bits per heavy atom. The monoisotopic (exact) mass is 277 g/mol. The minimum absolute atomic E-state index is 0.751. The van der Waals surface area contributed by atoms with Gasteiger partial charge in [-0.25, -0.2) is 0 Å². The Morgan fingerprint density at radius 2 is 2.32 bits per heavy atom. The molecule has 0 saturated carbocycles. The largest absolute Gasteiger partial charge is 0.381 e. The summed E-state index contributed by atoms with van der Waals surface area (Å²) in [5, 5.41) is 0. The van der Waals surface area contributed by atoms with Crippen LogP contribution in [0.5, 0.6) is 0 Å². The van der Waals surface area contributed by atoms with Crippen LogP contribution in [-0.2, 0) is 17.7 Å². The van der Waals surface area contributed by atoms with Crippen molar-refractivity contribution in [2.45, 2.75) is 30.7 Å². The molecular formula is C16H23NOS. The van der Waals surface area contributed by atoms with E-state index in [-0.39, 0.29) is 0 Å². The highest BCUT2D eigenvalue weighted by atomic mass is 32.2. The Labute approximate surface area is 120 Å². The van der Waals surface area contributed by atoms with Crippen LogP contribution in [0.3, 0.4) is 0 Å². The molecule has 0 radical (unpaired) electrons. The maximum atomic E-state index is 5.59. The third-order valence-corrected chi connectivity index (χ3v) is 5.00. The van der Waals surface area contributed by atoms with Gasteiger partial charge in [0.1, 0.15) is 0 Å². The van der Waals surface area contributed by atoms with Gasteiger partial charge in [0.25, 0.3) is 0 Å². The van der Waals surface area contributed by atoms with Crippen LogP contribution >= 0.6 is 11.8 Å². The highest BCUT2D eigenvalue weighted by Crippen LogP contribution is 2.25. The zero-order valence-electron chi connectivity index (χ0n) is 11.7. The van der Waals surface area contributed by atoms with Crippen LogP contribution in [0, 0.1) is 5.92 Å². The van der Waals surface area contributed by atoms with Gasteiger partial charge >= 0.3 is 0 Å². The summed E-state index contributed by atoms with van der Waals surface area (Å²) in [4.78, 5) is 4.01. The third kappa shape index (κ3) is 3.33. The first-order chi connectivity index (χ1) is 9.35. The van der Waals surface area contributed by atoms with Gasteiger partial charge in [0.2, 0.25) is 0 Å². The van der Waals surface area contributed by atoms with Gasteiger partial charge in [-0.1, -0.05) is 6.07 Å². The SMILES string of the molecule is CSc1ccc2c(c1)CCN(CC1CCCOC1)C2. The molecule has 2 heterocycles. The molecular weight excluding hydrogens is 254 g/mol. The van der Waals surface area contributed by atoms with Gasteiger partial charge in [-0.15, -0.1) is 11.8 Å². The normalized spacial score (nSPS) is 24.2. The van der Waals surface area contributed by atoms with Crippen molar-refractivity contribution in [2.24, 2.45) is 5.92 Å². The minimum atomic E-state index is 0.751. The molecule has 104 valence electrons. The van der Waals surface area contributed by atoms with Gasteiger partial charge in [0, 0.05) is 31.1 Å². The smallest absolute Gasteiger partial charge is 0.0506 e. The van der Waals surface area contributed by atoms with Gasteiger partial charge in [-0.05, 0) is 54.7 Å². The molecule has 0 aromatic heterocycles. The second-order valence-electron chi connectivity index (χ2n) is 5.70. The van der Waals surface area contributed by atoms with E-state index < -0.39 is 0 Å². The molecule has 1 saturated heterocycles. The zero-order chi connectivity index (χ0) is 13.1. The van der Waals surface area contributed by atoms with Gasteiger partial charge in [0.15, 0.2) is 0 Å². The van der Waals surface area contributed by atoms with Gasteiger partial charge in [0.05, 0.1) is 6.61 Å². The van der Waals surface area contributed by atoms with Crippen molar-refractivity contribution in [3.8, 4) is 0 Å². The molecule has 19 heavy (non-hydrogen) atoms. The number of thioether (sulfide) groups is 1. The molecule has 1 unspecified atom stereocenters. The standard InChI is InChI=1S/C16H23NOS/c1-19-16-5-4-15-11-17(7-6-14(15)9-16)10-13-3-2-8-18-12-13/h4-5,9,13H,2-3,6-8,10-12H2,1H3. The number of hydrogen-bond acceptors (Lipinski definition) is 3. The maximum absolute atomic E-state index is 5.59. The molecule has 2 nitrogen and oxygen atoms in total. The van der Waals surface area contributed by atoms with E-state index in [0.29, 0.717) is 0 Å². The first kappa shape index (κ1) is 13.5. The fourth-order valence-electron chi connectivity index (χ4n) is 3.19. The summed E-state index contributed by atoms with van der Waals surface area (Å²) >= 11 is 1.84. The van der Waals surface area contributed by atoms with Gasteiger partial charge in [-0.2, -0.15) is 0 Å². The molecule has 3 heteroatoms. The Kier molecular flexibility index (Phi) is 4.46. The van der Waals surface area contributed by atoms with Crippen LogP contribution < -0.4 is 0 Å². The number of fused-ring (bicyclic) bond motifs is 1. The van der Waals surface area contributed by atoms with Gasteiger partial charge in [-0.3, -0.25) is 4.90 Å². The van der Waals surface area contributed by atoms with E-state index in [4.69, 9.17) is 4.74 Å². The first-order valence-corrected chi connectivity index (χ1v) is 8.53. The first-order valence-electron chi connectivity index (χ1n) is 7.31. The summed E-state index contributed by atoms with van der Waals surface area (Å²) in [6.45, 7) is 5.48.